The Balaban J connectivity index is 1.56. The smallest absolute Gasteiger partial charge is 0.243 e. The third-order valence-corrected chi connectivity index (χ3v) is 8.26. The van der Waals surface area contributed by atoms with Crippen molar-refractivity contribution in [2.45, 2.75) is 63.3 Å². The van der Waals surface area contributed by atoms with E-state index in [-0.39, 0.29) is 0 Å². The van der Waals surface area contributed by atoms with Crippen molar-refractivity contribution in [1.29, 1.82) is 0 Å². The largest absolute Gasteiger partial charge is 0.366 e. The quantitative estimate of drug-likeness (QED) is 0.792. The first-order chi connectivity index (χ1) is 13.9. The van der Waals surface area contributed by atoms with Crippen LogP contribution in [-0.4, -0.2) is 42.1 Å². The SMILES string of the molecule is Cc1ccc(-c2ccc(NC3CCCC3)nn2)cc1S(=O)(=O)N1CCC(C)CC1. The monoisotopic (exact) mass is 414 g/mol. The van der Waals surface area contributed by atoms with Crippen molar-refractivity contribution in [2.75, 3.05) is 18.4 Å². The third-order valence-electron chi connectivity index (χ3n) is 6.22. The lowest BCUT2D eigenvalue weighted by Crippen LogP contribution is -2.38. The average Bonchev–Trinajstić information content (AvgIpc) is 3.22. The molecule has 4 rings (SSSR count). The lowest BCUT2D eigenvalue weighted by molar-refractivity contribution is 0.288. The van der Waals surface area contributed by atoms with Crippen LogP contribution in [0.25, 0.3) is 11.3 Å². The number of rotatable bonds is 5. The number of benzene rings is 1. The van der Waals surface area contributed by atoms with Crippen LogP contribution in [0, 0.1) is 12.8 Å². The third kappa shape index (κ3) is 4.46. The van der Waals surface area contributed by atoms with Crippen molar-refractivity contribution >= 4 is 15.8 Å². The van der Waals surface area contributed by atoms with Crippen LogP contribution in [0.1, 0.15) is 51.0 Å². The molecule has 0 radical (unpaired) electrons. The highest BCUT2D eigenvalue weighted by atomic mass is 32.2. The molecule has 1 aromatic carbocycles. The van der Waals surface area contributed by atoms with Gasteiger partial charge in [0.25, 0.3) is 0 Å². The Bertz CT molecular complexity index is 945. The van der Waals surface area contributed by atoms with Gasteiger partial charge in [0.05, 0.1) is 10.6 Å². The van der Waals surface area contributed by atoms with Gasteiger partial charge in [-0.25, -0.2) is 8.42 Å². The molecule has 7 heteroatoms. The molecule has 1 aromatic heterocycles. The van der Waals surface area contributed by atoms with Gasteiger partial charge in [0.2, 0.25) is 10.0 Å². The van der Waals surface area contributed by atoms with Gasteiger partial charge < -0.3 is 5.32 Å². The van der Waals surface area contributed by atoms with Crippen molar-refractivity contribution in [3.63, 3.8) is 0 Å². The Morgan fingerprint density at radius 2 is 1.72 bits per heavy atom. The Morgan fingerprint density at radius 1 is 1.00 bits per heavy atom. The summed E-state index contributed by atoms with van der Waals surface area (Å²) in [5, 5.41) is 12.1. The normalized spacial score (nSPS) is 19.5. The molecular weight excluding hydrogens is 384 g/mol. The van der Waals surface area contributed by atoms with E-state index in [1.807, 2.05) is 31.2 Å². The lowest BCUT2D eigenvalue weighted by Gasteiger charge is -2.30. The number of piperidine rings is 1. The van der Waals surface area contributed by atoms with E-state index in [4.69, 9.17) is 0 Å². The molecule has 0 bridgehead atoms. The van der Waals surface area contributed by atoms with Gasteiger partial charge in [-0.1, -0.05) is 31.9 Å². The van der Waals surface area contributed by atoms with Crippen molar-refractivity contribution in [3.05, 3.63) is 35.9 Å². The van der Waals surface area contributed by atoms with E-state index in [1.54, 1.807) is 10.4 Å². The van der Waals surface area contributed by atoms with Gasteiger partial charge in [-0.05, 0) is 62.3 Å². The van der Waals surface area contributed by atoms with Crippen LogP contribution in [0.4, 0.5) is 5.82 Å². The van der Waals surface area contributed by atoms with Crippen LogP contribution in [0.3, 0.4) is 0 Å². The summed E-state index contributed by atoms with van der Waals surface area (Å²) in [6.07, 6.45) is 6.72. The molecule has 2 aromatic rings. The van der Waals surface area contributed by atoms with E-state index in [0.29, 0.717) is 35.6 Å². The second-order valence-electron chi connectivity index (χ2n) is 8.50. The predicted octanol–water partition coefficient (Wildman–Crippen LogP) is 4.23. The molecule has 0 amide bonds. The minimum atomic E-state index is -3.50. The van der Waals surface area contributed by atoms with Crippen molar-refractivity contribution in [1.82, 2.24) is 14.5 Å². The highest BCUT2D eigenvalue weighted by molar-refractivity contribution is 7.89. The molecular formula is C22H30N4O2S. The van der Waals surface area contributed by atoms with Crippen molar-refractivity contribution in [3.8, 4) is 11.3 Å². The standard InChI is InChI=1S/C22H30N4O2S/c1-16-11-13-26(14-12-16)29(27,28)21-15-18(8-7-17(21)2)20-9-10-22(25-24-20)23-19-5-3-4-6-19/h7-10,15-16,19H,3-6,11-14H2,1-2H3,(H,23,25). The molecule has 0 spiro atoms. The van der Waals surface area contributed by atoms with Gasteiger partial charge in [-0.15, -0.1) is 10.2 Å². The average molecular weight is 415 g/mol. The molecule has 1 saturated heterocycles. The summed E-state index contributed by atoms with van der Waals surface area (Å²) < 4.78 is 28.1. The van der Waals surface area contributed by atoms with Crippen LogP contribution >= 0.6 is 0 Å². The molecule has 2 fully saturated rings. The van der Waals surface area contributed by atoms with Gasteiger partial charge in [0.15, 0.2) is 0 Å². The van der Waals surface area contributed by atoms with Gasteiger partial charge in [0.1, 0.15) is 5.82 Å². The van der Waals surface area contributed by atoms with Crippen molar-refractivity contribution < 1.29 is 8.42 Å². The number of nitrogens with zero attached hydrogens (tertiary/aromatic N) is 3. The molecule has 1 saturated carbocycles. The zero-order valence-electron chi connectivity index (χ0n) is 17.3. The molecule has 0 unspecified atom stereocenters. The van der Waals surface area contributed by atoms with Crippen LogP contribution in [0.2, 0.25) is 0 Å². The van der Waals surface area contributed by atoms with Crippen LogP contribution < -0.4 is 5.32 Å². The fourth-order valence-corrected chi connectivity index (χ4v) is 5.96. The number of nitrogens with one attached hydrogen (secondary N) is 1. The zero-order valence-corrected chi connectivity index (χ0v) is 18.1. The van der Waals surface area contributed by atoms with E-state index in [1.165, 1.54) is 25.7 Å². The fraction of sp³-hybridized carbons (Fsp3) is 0.545. The summed E-state index contributed by atoms with van der Waals surface area (Å²) in [4.78, 5) is 0.375. The number of hydrogen-bond acceptors (Lipinski definition) is 5. The molecule has 2 heterocycles. The molecule has 156 valence electrons. The van der Waals surface area contributed by atoms with Gasteiger partial charge in [-0.3, -0.25) is 0 Å². The van der Waals surface area contributed by atoms with E-state index in [0.717, 1.165) is 29.8 Å². The second kappa shape index (κ2) is 8.40. The maximum Gasteiger partial charge on any atom is 0.243 e. The van der Waals surface area contributed by atoms with E-state index in [9.17, 15) is 8.42 Å². The number of hydrogen-bond donors (Lipinski definition) is 1. The molecule has 2 aliphatic rings. The molecule has 1 N–H and O–H groups in total. The highest BCUT2D eigenvalue weighted by Gasteiger charge is 2.29. The lowest BCUT2D eigenvalue weighted by atomic mass is 10.0. The molecule has 29 heavy (non-hydrogen) atoms. The summed E-state index contributed by atoms with van der Waals surface area (Å²) in [5.74, 6) is 1.36. The van der Waals surface area contributed by atoms with E-state index >= 15 is 0 Å². The predicted molar refractivity (Wildman–Crippen MR) is 115 cm³/mol. The van der Waals surface area contributed by atoms with Gasteiger partial charge in [-0.2, -0.15) is 4.31 Å². The van der Waals surface area contributed by atoms with Crippen LogP contribution in [0.5, 0.6) is 0 Å². The Kier molecular flexibility index (Phi) is 5.88. The number of aromatic nitrogens is 2. The second-order valence-corrected chi connectivity index (χ2v) is 10.4. The zero-order chi connectivity index (χ0) is 20.4. The highest BCUT2D eigenvalue weighted by Crippen LogP contribution is 2.29. The summed E-state index contributed by atoms with van der Waals surface area (Å²) in [5.41, 5.74) is 2.23. The van der Waals surface area contributed by atoms with Crippen LogP contribution in [0.15, 0.2) is 35.2 Å². The van der Waals surface area contributed by atoms with E-state index in [2.05, 4.69) is 22.4 Å². The number of aryl methyl sites for hydroxylation is 1. The summed E-state index contributed by atoms with van der Waals surface area (Å²) in [6.45, 7) is 5.21. The molecule has 1 aliphatic heterocycles. The Morgan fingerprint density at radius 3 is 2.38 bits per heavy atom. The Hall–Kier alpha value is -1.99. The summed E-state index contributed by atoms with van der Waals surface area (Å²) in [7, 11) is -3.50. The van der Waals surface area contributed by atoms with Crippen molar-refractivity contribution in [2.24, 2.45) is 5.92 Å². The maximum absolute atomic E-state index is 13.2. The molecule has 6 nitrogen and oxygen atoms in total. The van der Waals surface area contributed by atoms with E-state index < -0.39 is 10.0 Å². The Labute approximate surface area is 173 Å². The van der Waals surface area contributed by atoms with Gasteiger partial charge in [0, 0.05) is 24.7 Å². The van der Waals surface area contributed by atoms with Crippen LogP contribution in [-0.2, 0) is 10.0 Å². The van der Waals surface area contributed by atoms with Gasteiger partial charge >= 0.3 is 0 Å². The maximum atomic E-state index is 13.2. The number of anilines is 1. The first-order valence-corrected chi connectivity index (χ1v) is 12.1. The summed E-state index contributed by atoms with van der Waals surface area (Å²) >= 11 is 0. The minimum absolute atomic E-state index is 0.375. The first kappa shape index (κ1) is 20.3. The number of sulfonamides is 1. The summed E-state index contributed by atoms with van der Waals surface area (Å²) in [6, 6.07) is 9.85. The fourth-order valence-electron chi connectivity index (χ4n) is 4.24. The molecule has 1 aliphatic carbocycles. The topological polar surface area (TPSA) is 75.2 Å². The molecule has 0 atom stereocenters. The first-order valence-electron chi connectivity index (χ1n) is 10.6. The minimum Gasteiger partial charge on any atom is -0.366 e.